The summed E-state index contributed by atoms with van der Waals surface area (Å²) >= 11 is 5.01. The smallest absolute Gasteiger partial charge is 0.236 e. The summed E-state index contributed by atoms with van der Waals surface area (Å²) in [6.07, 6.45) is 0.0939. The molecule has 0 aliphatic rings. The second-order valence-electron chi connectivity index (χ2n) is 4.64. The molecule has 104 valence electrons. The van der Waals surface area contributed by atoms with E-state index in [0.717, 1.165) is 5.56 Å². The first-order chi connectivity index (χ1) is 8.93. The lowest BCUT2D eigenvalue weighted by Crippen LogP contribution is -2.38. The lowest BCUT2D eigenvalue weighted by Gasteiger charge is -2.24. The van der Waals surface area contributed by atoms with Crippen molar-refractivity contribution in [1.29, 1.82) is 0 Å². The van der Waals surface area contributed by atoms with Crippen LogP contribution in [0.4, 0.5) is 0 Å². The number of likely N-dealkylation sites (N-methyl/N-ethyl adjacent to an activating group) is 1. The first-order valence-corrected chi connectivity index (χ1v) is 6.61. The molecule has 2 atom stereocenters. The Morgan fingerprint density at radius 3 is 2.47 bits per heavy atom. The van der Waals surface area contributed by atoms with Gasteiger partial charge in [0.25, 0.3) is 0 Å². The van der Waals surface area contributed by atoms with Crippen molar-refractivity contribution in [3.05, 3.63) is 35.9 Å². The van der Waals surface area contributed by atoms with Crippen molar-refractivity contribution in [3.63, 3.8) is 0 Å². The number of amides is 1. The summed E-state index contributed by atoms with van der Waals surface area (Å²) in [5.74, 6) is -0.741. The van der Waals surface area contributed by atoms with Crippen molar-refractivity contribution < 1.29 is 9.90 Å². The van der Waals surface area contributed by atoms with Crippen LogP contribution >= 0.6 is 12.2 Å². The van der Waals surface area contributed by atoms with E-state index in [1.807, 2.05) is 30.3 Å². The molecule has 0 saturated carbocycles. The first kappa shape index (κ1) is 15.6. The molecule has 0 heterocycles. The number of thiocarbonyl (C=S) groups is 1. The van der Waals surface area contributed by atoms with Crippen molar-refractivity contribution >= 4 is 23.1 Å². The van der Waals surface area contributed by atoms with E-state index in [1.165, 1.54) is 0 Å². The molecule has 19 heavy (non-hydrogen) atoms. The second-order valence-corrected chi connectivity index (χ2v) is 5.11. The predicted octanol–water partition coefficient (Wildman–Crippen LogP) is 1.29. The van der Waals surface area contributed by atoms with Crippen LogP contribution in [0.1, 0.15) is 24.8 Å². The average Bonchev–Trinajstić information content (AvgIpc) is 2.36. The van der Waals surface area contributed by atoms with Crippen LogP contribution in [0.5, 0.6) is 0 Å². The van der Waals surface area contributed by atoms with Gasteiger partial charge in [0.1, 0.15) is 5.92 Å². The molecule has 4 nitrogen and oxygen atoms in total. The Morgan fingerprint density at radius 1 is 1.42 bits per heavy atom. The summed E-state index contributed by atoms with van der Waals surface area (Å²) in [6.45, 7) is 2.17. The zero-order valence-corrected chi connectivity index (χ0v) is 12.1. The number of nitrogens with zero attached hydrogens (tertiary/aromatic N) is 1. The van der Waals surface area contributed by atoms with Gasteiger partial charge < -0.3 is 15.7 Å². The van der Waals surface area contributed by atoms with Crippen molar-refractivity contribution in [2.24, 2.45) is 5.73 Å². The maximum absolute atomic E-state index is 12.4. The van der Waals surface area contributed by atoms with Gasteiger partial charge >= 0.3 is 0 Å². The molecule has 1 aromatic carbocycles. The van der Waals surface area contributed by atoms with Crippen LogP contribution in [0.15, 0.2) is 30.3 Å². The fourth-order valence-electron chi connectivity index (χ4n) is 1.79. The third-order valence-electron chi connectivity index (χ3n) is 2.92. The Labute approximate surface area is 119 Å². The van der Waals surface area contributed by atoms with Crippen LogP contribution in [0.3, 0.4) is 0 Å². The van der Waals surface area contributed by atoms with Crippen molar-refractivity contribution in [2.45, 2.75) is 25.4 Å². The van der Waals surface area contributed by atoms with E-state index in [1.54, 1.807) is 18.9 Å². The van der Waals surface area contributed by atoms with Crippen LogP contribution in [0.2, 0.25) is 0 Å². The zero-order chi connectivity index (χ0) is 14.4. The molecule has 1 aromatic rings. The zero-order valence-electron chi connectivity index (χ0n) is 11.2. The molecular weight excluding hydrogens is 260 g/mol. The first-order valence-electron chi connectivity index (χ1n) is 6.20. The maximum Gasteiger partial charge on any atom is 0.236 e. The lowest BCUT2D eigenvalue weighted by atomic mass is 9.97. The SMILES string of the molecule is CC(O)CCN(C)C(=O)C(C(N)=S)c1ccccc1. The summed E-state index contributed by atoms with van der Waals surface area (Å²) in [7, 11) is 1.69. The largest absolute Gasteiger partial charge is 0.393 e. The number of aliphatic hydroxyl groups is 1. The fraction of sp³-hybridized carbons (Fsp3) is 0.429. The number of aliphatic hydroxyl groups excluding tert-OH is 1. The van der Waals surface area contributed by atoms with Gasteiger partial charge in [-0.25, -0.2) is 0 Å². The molecule has 3 N–H and O–H groups in total. The Hall–Kier alpha value is -1.46. The van der Waals surface area contributed by atoms with Gasteiger partial charge in [0.05, 0.1) is 11.1 Å². The van der Waals surface area contributed by atoms with Crippen molar-refractivity contribution in [2.75, 3.05) is 13.6 Å². The molecule has 0 aromatic heterocycles. The maximum atomic E-state index is 12.4. The number of benzene rings is 1. The molecule has 0 aliphatic heterocycles. The Bertz CT molecular complexity index is 434. The Kier molecular flexibility index (Phi) is 5.92. The number of hydrogen-bond acceptors (Lipinski definition) is 3. The number of carbonyl (C=O) groups excluding carboxylic acids is 1. The highest BCUT2D eigenvalue weighted by atomic mass is 32.1. The summed E-state index contributed by atoms with van der Waals surface area (Å²) in [4.78, 5) is 14.1. The number of carbonyl (C=O) groups is 1. The monoisotopic (exact) mass is 280 g/mol. The van der Waals surface area contributed by atoms with Gasteiger partial charge in [-0.1, -0.05) is 42.5 Å². The van der Waals surface area contributed by atoms with E-state index >= 15 is 0 Å². The van der Waals surface area contributed by atoms with Gasteiger partial charge in [-0.15, -0.1) is 0 Å². The molecule has 0 aliphatic carbocycles. The van der Waals surface area contributed by atoms with Crippen molar-refractivity contribution in [1.82, 2.24) is 4.90 Å². The van der Waals surface area contributed by atoms with Crippen LogP contribution in [0, 0.1) is 0 Å². The Balaban J connectivity index is 2.83. The van der Waals surface area contributed by atoms with Gasteiger partial charge in [-0.3, -0.25) is 4.79 Å². The van der Waals surface area contributed by atoms with Gasteiger partial charge in [0.15, 0.2) is 0 Å². The van der Waals surface area contributed by atoms with Crippen molar-refractivity contribution in [3.8, 4) is 0 Å². The molecule has 0 radical (unpaired) electrons. The van der Waals surface area contributed by atoms with Gasteiger partial charge in [0.2, 0.25) is 5.91 Å². The number of hydrogen-bond donors (Lipinski definition) is 2. The molecular formula is C14H20N2O2S. The quantitative estimate of drug-likeness (QED) is 0.771. The molecule has 1 amide bonds. The van der Waals surface area contributed by atoms with Gasteiger partial charge in [0, 0.05) is 13.6 Å². The highest BCUT2D eigenvalue weighted by Crippen LogP contribution is 2.18. The van der Waals surface area contributed by atoms with Crippen LogP contribution in [0.25, 0.3) is 0 Å². The number of nitrogens with two attached hydrogens (primary N) is 1. The van der Waals surface area contributed by atoms with E-state index in [9.17, 15) is 9.90 Å². The number of rotatable bonds is 6. The van der Waals surface area contributed by atoms with E-state index in [0.29, 0.717) is 13.0 Å². The van der Waals surface area contributed by atoms with Gasteiger partial charge in [-0.2, -0.15) is 0 Å². The molecule has 2 unspecified atom stereocenters. The molecule has 0 fully saturated rings. The lowest BCUT2D eigenvalue weighted by molar-refractivity contribution is -0.130. The molecule has 5 heteroatoms. The normalized spacial score (nSPS) is 13.6. The molecule has 0 saturated heterocycles. The second kappa shape index (κ2) is 7.21. The van der Waals surface area contributed by atoms with Gasteiger partial charge in [-0.05, 0) is 18.9 Å². The summed E-state index contributed by atoms with van der Waals surface area (Å²) < 4.78 is 0. The minimum Gasteiger partial charge on any atom is -0.393 e. The van der Waals surface area contributed by atoms with E-state index in [4.69, 9.17) is 18.0 Å². The molecule has 1 rings (SSSR count). The summed E-state index contributed by atoms with van der Waals surface area (Å²) in [6, 6.07) is 9.25. The standard InChI is InChI=1S/C14H20N2O2S/c1-10(17)8-9-16(2)14(18)12(13(15)19)11-6-4-3-5-7-11/h3-7,10,12,17H,8-9H2,1-2H3,(H2,15,19). The highest BCUT2D eigenvalue weighted by molar-refractivity contribution is 7.80. The van der Waals surface area contributed by atoms with Crippen LogP contribution in [-0.4, -0.2) is 40.6 Å². The van der Waals surface area contributed by atoms with E-state index < -0.39 is 12.0 Å². The van der Waals surface area contributed by atoms with E-state index in [-0.39, 0.29) is 10.9 Å². The van der Waals surface area contributed by atoms with Crippen LogP contribution in [-0.2, 0) is 4.79 Å². The Morgan fingerprint density at radius 2 is 2.00 bits per heavy atom. The highest BCUT2D eigenvalue weighted by Gasteiger charge is 2.26. The predicted molar refractivity (Wildman–Crippen MR) is 79.9 cm³/mol. The summed E-state index contributed by atoms with van der Waals surface area (Å²) in [5.41, 5.74) is 6.49. The van der Waals surface area contributed by atoms with Crippen LogP contribution < -0.4 is 5.73 Å². The minimum atomic E-state index is -0.602. The average molecular weight is 280 g/mol. The molecule has 0 spiro atoms. The third-order valence-corrected chi connectivity index (χ3v) is 3.16. The fourth-order valence-corrected chi connectivity index (χ4v) is 2.02. The third kappa shape index (κ3) is 4.61. The summed E-state index contributed by atoms with van der Waals surface area (Å²) in [5, 5.41) is 9.26. The van der Waals surface area contributed by atoms with E-state index in [2.05, 4.69) is 0 Å². The minimum absolute atomic E-state index is 0.139. The topological polar surface area (TPSA) is 66.6 Å². The molecule has 0 bridgehead atoms.